The summed E-state index contributed by atoms with van der Waals surface area (Å²) in [5.41, 5.74) is 0.342. The Bertz CT molecular complexity index is 145. The Hall–Kier alpha value is 0.177. The minimum atomic E-state index is -1.32. The lowest BCUT2D eigenvalue weighted by molar-refractivity contribution is 0.149. The Morgan fingerprint density at radius 1 is 1.15 bits per heavy atom. The van der Waals surface area contributed by atoms with Gasteiger partial charge in [0.1, 0.15) is 0 Å². The van der Waals surface area contributed by atoms with Crippen molar-refractivity contribution in [3.05, 3.63) is 0 Å². The van der Waals surface area contributed by atoms with Crippen LogP contribution in [0.2, 0.25) is 19.6 Å². The molecule has 2 heteroatoms. The van der Waals surface area contributed by atoms with Crippen molar-refractivity contribution in [2.45, 2.75) is 53.8 Å². The minimum Gasteiger partial charge on any atom is -0.417 e. The maximum absolute atomic E-state index is 5.93. The van der Waals surface area contributed by atoms with E-state index in [-0.39, 0.29) is 0 Å². The Kier molecular flexibility index (Phi) is 4.67. The molecule has 0 aromatic carbocycles. The Labute approximate surface area is 85.0 Å². The van der Waals surface area contributed by atoms with Gasteiger partial charge in [0.05, 0.1) is 0 Å². The molecule has 0 N–H and O–H groups in total. The highest BCUT2D eigenvalue weighted by Gasteiger charge is 2.23. The normalized spacial score (nSPS) is 13.8. The fourth-order valence-electron chi connectivity index (χ4n) is 1.58. The highest BCUT2D eigenvalue weighted by molar-refractivity contribution is 6.69. The summed E-state index contributed by atoms with van der Waals surface area (Å²) in [7, 11) is -1.32. The molecule has 0 atom stereocenters. The summed E-state index contributed by atoms with van der Waals surface area (Å²) < 4.78 is 5.93. The summed E-state index contributed by atoms with van der Waals surface area (Å²) in [4.78, 5) is 0. The van der Waals surface area contributed by atoms with Crippen molar-refractivity contribution >= 4 is 8.32 Å². The zero-order valence-corrected chi connectivity index (χ0v) is 11.4. The second-order valence-electron chi connectivity index (χ2n) is 6.16. The third kappa shape index (κ3) is 8.51. The summed E-state index contributed by atoms with van der Waals surface area (Å²) in [6.07, 6.45) is 1.25. The second kappa shape index (κ2) is 4.60. The van der Waals surface area contributed by atoms with E-state index in [0.717, 1.165) is 12.5 Å². The predicted molar refractivity (Wildman–Crippen MR) is 62.5 cm³/mol. The topological polar surface area (TPSA) is 9.23 Å². The maximum atomic E-state index is 5.93. The van der Waals surface area contributed by atoms with Crippen LogP contribution >= 0.6 is 0 Å². The monoisotopic (exact) mass is 202 g/mol. The Balaban J connectivity index is 3.89. The van der Waals surface area contributed by atoms with Crippen molar-refractivity contribution in [3.8, 4) is 0 Å². The lowest BCUT2D eigenvalue weighted by Gasteiger charge is -2.30. The molecule has 0 saturated carbocycles. The lowest BCUT2D eigenvalue weighted by atomic mass is 9.85. The van der Waals surface area contributed by atoms with E-state index in [9.17, 15) is 0 Å². The molecular weight excluding hydrogens is 176 g/mol. The molecule has 0 aromatic rings. The molecule has 13 heavy (non-hydrogen) atoms. The Morgan fingerprint density at radius 2 is 1.62 bits per heavy atom. The third-order valence-corrected chi connectivity index (χ3v) is 2.87. The molecule has 0 spiro atoms. The van der Waals surface area contributed by atoms with Crippen molar-refractivity contribution < 1.29 is 4.43 Å². The van der Waals surface area contributed by atoms with Gasteiger partial charge in [-0.2, -0.15) is 0 Å². The summed E-state index contributed by atoms with van der Waals surface area (Å²) >= 11 is 0. The fourth-order valence-corrected chi connectivity index (χ4v) is 2.40. The third-order valence-electron chi connectivity index (χ3n) is 1.86. The molecule has 0 aliphatic carbocycles. The van der Waals surface area contributed by atoms with Gasteiger partial charge in [0.15, 0.2) is 8.32 Å². The van der Waals surface area contributed by atoms with Gasteiger partial charge in [0.25, 0.3) is 0 Å². The van der Waals surface area contributed by atoms with Gasteiger partial charge in [-0.05, 0) is 37.4 Å². The zero-order valence-electron chi connectivity index (χ0n) is 10.4. The van der Waals surface area contributed by atoms with Crippen LogP contribution in [-0.4, -0.2) is 14.9 Å². The van der Waals surface area contributed by atoms with E-state index in [0.29, 0.717) is 5.41 Å². The molecule has 0 bridgehead atoms. The van der Waals surface area contributed by atoms with E-state index < -0.39 is 8.32 Å². The first-order valence-corrected chi connectivity index (χ1v) is 8.67. The standard InChI is InChI=1S/C11H26OSi/c1-10(2)8-11(3,4)9-12-13(5,6)7/h10H,8-9H2,1-7H3. The molecule has 1 nitrogen and oxygen atoms in total. The van der Waals surface area contributed by atoms with Crippen LogP contribution in [0.1, 0.15) is 34.1 Å². The van der Waals surface area contributed by atoms with Crippen molar-refractivity contribution in [2.24, 2.45) is 11.3 Å². The van der Waals surface area contributed by atoms with Crippen LogP contribution in [0.25, 0.3) is 0 Å². The summed E-state index contributed by atoms with van der Waals surface area (Å²) in [6, 6.07) is 0. The van der Waals surface area contributed by atoms with Gasteiger partial charge in [-0.1, -0.05) is 27.7 Å². The first-order valence-electron chi connectivity index (χ1n) is 5.26. The van der Waals surface area contributed by atoms with Gasteiger partial charge in [0, 0.05) is 6.61 Å². The largest absolute Gasteiger partial charge is 0.417 e. The molecule has 0 aliphatic rings. The Morgan fingerprint density at radius 3 is 1.92 bits per heavy atom. The number of rotatable bonds is 5. The van der Waals surface area contributed by atoms with Crippen LogP contribution in [0.4, 0.5) is 0 Å². The average Bonchev–Trinajstić information content (AvgIpc) is 1.79. The molecule has 0 aromatic heterocycles. The molecule has 0 radical (unpaired) electrons. The quantitative estimate of drug-likeness (QED) is 0.614. The van der Waals surface area contributed by atoms with Gasteiger partial charge in [-0.3, -0.25) is 0 Å². The first kappa shape index (κ1) is 13.2. The van der Waals surface area contributed by atoms with Gasteiger partial charge < -0.3 is 4.43 Å². The predicted octanol–water partition coefficient (Wildman–Crippen LogP) is 3.91. The van der Waals surface area contributed by atoms with Crippen molar-refractivity contribution in [2.75, 3.05) is 6.61 Å². The van der Waals surface area contributed by atoms with Crippen LogP contribution in [-0.2, 0) is 4.43 Å². The summed E-state index contributed by atoms with van der Waals surface area (Å²) in [5.74, 6) is 0.764. The molecule has 0 heterocycles. The van der Waals surface area contributed by atoms with E-state index in [4.69, 9.17) is 4.43 Å². The van der Waals surface area contributed by atoms with E-state index in [1.54, 1.807) is 0 Å². The van der Waals surface area contributed by atoms with Crippen LogP contribution in [0.15, 0.2) is 0 Å². The molecule has 80 valence electrons. The van der Waals surface area contributed by atoms with Crippen molar-refractivity contribution in [3.63, 3.8) is 0 Å². The minimum absolute atomic E-state index is 0.342. The van der Waals surface area contributed by atoms with Crippen molar-refractivity contribution in [1.29, 1.82) is 0 Å². The summed E-state index contributed by atoms with van der Waals surface area (Å²) in [5, 5.41) is 0. The fraction of sp³-hybridized carbons (Fsp3) is 1.00. The van der Waals surface area contributed by atoms with Crippen LogP contribution in [0.3, 0.4) is 0 Å². The molecular formula is C11H26OSi. The van der Waals surface area contributed by atoms with Crippen LogP contribution in [0, 0.1) is 11.3 Å². The van der Waals surface area contributed by atoms with E-state index >= 15 is 0 Å². The van der Waals surface area contributed by atoms with Gasteiger partial charge in [-0.25, -0.2) is 0 Å². The molecule has 0 aliphatic heterocycles. The highest BCUT2D eigenvalue weighted by atomic mass is 28.4. The number of hydrogen-bond donors (Lipinski definition) is 0. The van der Waals surface area contributed by atoms with E-state index in [1.807, 2.05) is 0 Å². The molecule has 0 saturated heterocycles. The highest BCUT2D eigenvalue weighted by Crippen LogP contribution is 2.26. The SMILES string of the molecule is CC(C)CC(C)(C)CO[Si](C)(C)C. The molecule has 0 rings (SSSR count). The van der Waals surface area contributed by atoms with Crippen LogP contribution in [0.5, 0.6) is 0 Å². The molecule has 0 amide bonds. The van der Waals surface area contributed by atoms with Crippen molar-refractivity contribution in [1.82, 2.24) is 0 Å². The van der Waals surface area contributed by atoms with E-state index in [2.05, 4.69) is 47.3 Å². The smallest absolute Gasteiger partial charge is 0.183 e. The molecule has 0 unspecified atom stereocenters. The average molecular weight is 202 g/mol. The van der Waals surface area contributed by atoms with Gasteiger partial charge in [-0.15, -0.1) is 0 Å². The van der Waals surface area contributed by atoms with E-state index in [1.165, 1.54) is 6.42 Å². The number of hydrogen-bond acceptors (Lipinski definition) is 1. The van der Waals surface area contributed by atoms with Gasteiger partial charge >= 0.3 is 0 Å². The maximum Gasteiger partial charge on any atom is 0.183 e. The lowest BCUT2D eigenvalue weighted by Crippen LogP contribution is -2.32. The second-order valence-corrected chi connectivity index (χ2v) is 10.7. The van der Waals surface area contributed by atoms with Gasteiger partial charge in [0.2, 0.25) is 0 Å². The molecule has 0 fully saturated rings. The van der Waals surface area contributed by atoms with Crippen LogP contribution < -0.4 is 0 Å². The first-order chi connectivity index (χ1) is 5.62. The zero-order chi connectivity index (χ0) is 10.7. The summed E-state index contributed by atoms with van der Waals surface area (Å²) in [6.45, 7) is 16.8.